The fraction of sp³-hybridized carbons (Fsp3) is 0.0455. The van der Waals surface area contributed by atoms with Crippen molar-refractivity contribution in [2.45, 2.75) is 6.92 Å². The lowest BCUT2D eigenvalue weighted by Crippen LogP contribution is -2.13. The lowest BCUT2D eigenvalue weighted by Gasteiger charge is -2.13. The zero-order valence-corrected chi connectivity index (χ0v) is 17.5. The number of carbonyl (C=O) groups excluding carboxylic acids is 1. The molecule has 4 aromatic rings. The molecule has 2 aromatic heterocycles. The number of amides is 1. The molecule has 0 saturated heterocycles. The van der Waals surface area contributed by atoms with Gasteiger partial charge >= 0.3 is 0 Å². The topological polar surface area (TPSA) is 54.9 Å². The van der Waals surface area contributed by atoms with Crippen molar-refractivity contribution in [3.63, 3.8) is 0 Å². The van der Waals surface area contributed by atoms with Crippen LogP contribution in [-0.2, 0) is 0 Å². The summed E-state index contributed by atoms with van der Waals surface area (Å²) in [5.74, 6) is -0.289. The summed E-state index contributed by atoms with van der Waals surface area (Å²) in [6.07, 6.45) is 3.39. The second-order valence-electron chi connectivity index (χ2n) is 6.45. The van der Waals surface area contributed by atoms with Gasteiger partial charge in [0.15, 0.2) is 0 Å². The third-order valence-corrected chi connectivity index (χ3v) is 5.70. The Kier molecular flexibility index (Phi) is 5.41. The van der Waals surface area contributed by atoms with Crippen molar-refractivity contribution >= 4 is 57.3 Å². The second-order valence-corrected chi connectivity index (χ2v) is 7.67. The van der Waals surface area contributed by atoms with Gasteiger partial charge in [-0.3, -0.25) is 9.78 Å². The van der Waals surface area contributed by atoms with Crippen LogP contribution >= 0.6 is 34.8 Å². The van der Waals surface area contributed by atoms with Crippen LogP contribution in [-0.4, -0.2) is 15.9 Å². The molecule has 0 spiro atoms. The summed E-state index contributed by atoms with van der Waals surface area (Å²) in [4.78, 5) is 22.0. The third kappa shape index (κ3) is 3.92. The minimum absolute atomic E-state index is 0.289. The number of pyridine rings is 2. The van der Waals surface area contributed by atoms with Crippen molar-refractivity contribution in [2.75, 3.05) is 5.32 Å². The zero-order valence-electron chi connectivity index (χ0n) is 15.2. The van der Waals surface area contributed by atoms with Gasteiger partial charge in [-0.05, 0) is 55.0 Å². The summed E-state index contributed by atoms with van der Waals surface area (Å²) in [7, 11) is 0. The predicted molar refractivity (Wildman–Crippen MR) is 119 cm³/mol. The first kappa shape index (κ1) is 19.6. The van der Waals surface area contributed by atoms with Gasteiger partial charge in [-0.15, -0.1) is 0 Å². The van der Waals surface area contributed by atoms with Gasteiger partial charge in [0.05, 0.1) is 26.8 Å². The van der Waals surface area contributed by atoms with E-state index >= 15 is 0 Å². The van der Waals surface area contributed by atoms with Crippen LogP contribution in [0.4, 0.5) is 5.69 Å². The monoisotopic (exact) mass is 441 g/mol. The molecule has 0 fully saturated rings. The number of hydrogen-bond donors (Lipinski definition) is 1. The molecular formula is C22H14Cl3N3O. The Bertz CT molecular complexity index is 1240. The Labute approximate surface area is 182 Å². The highest BCUT2D eigenvalue weighted by Gasteiger charge is 2.17. The quantitative estimate of drug-likeness (QED) is 0.379. The largest absolute Gasteiger partial charge is 0.322 e. The van der Waals surface area contributed by atoms with Gasteiger partial charge in [0, 0.05) is 34.1 Å². The number of carbonyl (C=O) groups is 1. The summed E-state index contributed by atoms with van der Waals surface area (Å²) < 4.78 is 0. The molecule has 0 unspecified atom stereocenters. The molecule has 0 atom stereocenters. The molecule has 2 heterocycles. The van der Waals surface area contributed by atoms with Crippen LogP contribution in [0.15, 0.2) is 60.9 Å². The van der Waals surface area contributed by atoms with Crippen LogP contribution in [0.3, 0.4) is 0 Å². The first-order chi connectivity index (χ1) is 13.9. The fourth-order valence-electron chi connectivity index (χ4n) is 3.03. The van der Waals surface area contributed by atoms with Crippen molar-refractivity contribution < 1.29 is 4.79 Å². The van der Waals surface area contributed by atoms with E-state index in [2.05, 4.69) is 10.3 Å². The molecule has 29 heavy (non-hydrogen) atoms. The molecule has 1 amide bonds. The van der Waals surface area contributed by atoms with E-state index in [4.69, 9.17) is 39.8 Å². The minimum atomic E-state index is -0.289. The smallest absolute Gasteiger partial charge is 0.256 e. The molecule has 0 aliphatic carbocycles. The number of benzene rings is 2. The Morgan fingerprint density at radius 3 is 2.48 bits per heavy atom. The molecule has 2 aromatic carbocycles. The van der Waals surface area contributed by atoms with E-state index in [0.29, 0.717) is 42.9 Å². The maximum Gasteiger partial charge on any atom is 0.256 e. The maximum atomic E-state index is 13.1. The van der Waals surface area contributed by atoms with Gasteiger partial charge in [-0.2, -0.15) is 0 Å². The summed E-state index contributed by atoms with van der Waals surface area (Å²) in [5.41, 5.74) is 3.92. The molecule has 4 nitrogen and oxygen atoms in total. The summed E-state index contributed by atoms with van der Waals surface area (Å²) in [6, 6.07) is 14.0. The molecule has 1 N–H and O–H groups in total. The number of hydrogen-bond acceptors (Lipinski definition) is 3. The van der Waals surface area contributed by atoms with Crippen molar-refractivity contribution in [1.29, 1.82) is 0 Å². The van der Waals surface area contributed by atoms with Gasteiger partial charge in [-0.25, -0.2) is 4.98 Å². The summed E-state index contributed by atoms with van der Waals surface area (Å²) in [5, 5.41) is 4.95. The maximum absolute atomic E-state index is 13.1. The lowest BCUT2D eigenvalue weighted by atomic mass is 10.0. The molecule has 4 rings (SSSR count). The van der Waals surface area contributed by atoms with E-state index in [1.165, 1.54) is 0 Å². The van der Waals surface area contributed by atoms with E-state index in [1.807, 2.05) is 19.1 Å². The van der Waals surface area contributed by atoms with E-state index in [0.717, 1.165) is 11.1 Å². The molecule has 0 aliphatic heterocycles. The first-order valence-corrected chi connectivity index (χ1v) is 9.84. The average molecular weight is 443 g/mol. The SMILES string of the molecule is Cc1c(Cl)ccc2c(C(=O)Nc3ccc(Cl)c(Cl)c3)cc(-c3cccnc3)nc12. The number of nitrogens with one attached hydrogen (secondary N) is 1. The van der Waals surface area contributed by atoms with Crippen molar-refractivity contribution in [3.8, 4) is 11.3 Å². The number of nitrogens with zero attached hydrogens (tertiary/aromatic N) is 2. The molecule has 0 bridgehead atoms. The van der Waals surface area contributed by atoms with Crippen LogP contribution < -0.4 is 5.32 Å². The van der Waals surface area contributed by atoms with E-state index < -0.39 is 0 Å². The number of fused-ring (bicyclic) bond motifs is 1. The number of aromatic nitrogens is 2. The molecule has 0 radical (unpaired) electrons. The lowest BCUT2D eigenvalue weighted by molar-refractivity contribution is 0.102. The van der Waals surface area contributed by atoms with E-state index in [9.17, 15) is 4.79 Å². The molecule has 0 aliphatic rings. The number of anilines is 1. The highest BCUT2D eigenvalue weighted by Crippen LogP contribution is 2.31. The fourth-order valence-corrected chi connectivity index (χ4v) is 3.48. The summed E-state index contributed by atoms with van der Waals surface area (Å²) in [6.45, 7) is 1.88. The molecule has 7 heteroatoms. The minimum Gasteiger partial charge on any atom is -0.322 e. The number of halogens is 3. The normalized spacial score (nSPS) is 10.9. The molecule has 0 saturated carbocycles. The Morgan fingerprint density at radius 1 is 0.966 bits per heavy atom. The van der Waals surface area contributed by atoms with Gasteiger partial charge in [0.1, 0.15) is 0 Å². The number of rotatable bonds is 3. The van der Waals surface area contributed by atoms with Gasteiger partial charge in [0.25, 0.3) is 5.91 Å². The summed E-state index contributed by atoms with van der Waals surface area (Å²) >= 11 is 18.3. The van der Waals surface area contributed by atoms with Crippen LogP contribution in [0.2, 0.25) is 15.1 Å². The zero-order chi connectivity index (χ0) is 20.5. The van der Waals surface area contributed by atoms with Crippen LogP contribution in [0.5, 0.6) is 0 Å². The van der Waals surface area contributed by atoms with E-state index in [-0.39, 0.29) is 5.91 Å². The Balaban J connectivity index is 1.86. The Morgan fingerprint density at radius 2 is 1.76 bits per heavy atom. The second kappa shape index (κ2) is 7.99. The van der Waals surface area contributed by atoms with Crippen LogP contribution in [0, 0.1) is 6.92 Å². The first-order valence-electron chi connectivity index (χ1n) is 8.70. The highest BCUT2D eigenvalue weighted by atomic mass is 35.5. The van der Waals surface area contributed by atoms with Crippen LogP contribution in [0.1, 0.15) is 15.9 Å². The standard InChI is InChI=1S/C22H14Cl3N3O/c1-12-17(23)7-5-15-16(22(29)27-14-4-6-18(24)19(25)9-14)10-20(28-21(12)15)13-3-2-8-26-11-13/h2-11H,1H3,(H,27,29). The van der Waals surface area contributed by atoms with Crippen molar-refractivity contribution in [1.82, 2.24) is 9.97 Å². The van der Waals surface area contributed by atoms with Gasteiger partial charge < -0.3 is 5.32 Å². The molecular weight excluding hydrogens is 429 g/mol. The van der Waals surface area contributed by atoms with Crippen molar-refractivity contribution in [3.05, 3.63) is 87.1 Å². The average Bonchev–Trinajstić information content (AvgIpc) is 2.73. The van der Waals surface area contributed by atoms with Crippen molar-refractivity contribution in [2.24, 2.45) is 0 Å². The van der Waals surface area contributed by atoms with Gasteiger partial charge in [0.2, 0.25) is 0 Å². The highest BCUT2D eigenvalue weighted by molar-refractivity contribution is 6.42. The third-order valence-electron chi connectivity index (χ3n) is 4.55. The van der Waals surface area contributed by atoms with Gasteiger partial charge in [-0.1, -0.05) is 40.9 Å². The number of aryl methyl sites for hydroxylation is 1. The Hall–Kier alpha value is -2.66. The predicted octanol–water partition coefficient (Wildman–Crippen LogP) is 6.82. The molecule has 144 valence electrons. The van der Waals surface area contributed by atoms with E-state index in [1.54, 1.807) is 48.8 Å². The van der Waals surface area contributed by atoms with Crippen LogP contribution in [0.25, 0.3) is 22.2 Å².